The highest BCUT2D eigenvalue weighted by molar-refractivity contribution is 6.30. The number of rotatable bonds is 4. The maximum absolute atomic E-state index is 12.4. The first-order valence-corrected chi connectivity index (χ1v) is 10.1. The molecule has 9 heteroatoms. The normalized spacial score (nSPS) is 14.6. The number of allylic oxidation sites excluding steroid dienone is 1. The van der Waals surface area contributed by atoms with Crippen LogP contribution in [-0.2, 0) is 0 Å². The van der Waals surface area contributed by atoms with E-state index in [1.165, 1.54) is 11.8 Å². The Morgan fingerprint density at radius 1 is 1.12 bits per heavy atom. The zero-order valence-electron chi connectivity index (χ0n) is 16.9. The third-order valence-electron chi connectivity index (χ3n) is 5.01. The maximum atomic E-state index is 12.4. The van der Waals surface area contributed by atoms with E-state index in [1.807, 2.05) is 31.2 Å². The van der Waals surface area contributed by atoms with E-state index in [-0.39, 0.29) is 30.2 Å². The Kier molecular flexibility index (Phi) is 6.03. The Labute approximate surface area is 195 Å². The zero-order valence-corrected chi connectivity index (χ0v) is 18.5. The van der Waals surface area contributed by atoms with E-state index in [1.54, 1.807) is 16.8 Å². The summed E-state index contributed by atoms with van der Waals surface area (Å²) in [5.41, 5.74) is 4.07. The molecule has 162 valence electrons. The Hall–Kier alpha value is -3.55. The van der Waals surface area contributed by atoms with Crippen LogP contribution < -0.4 is 10.6 Å². The van der Waals surface area contributed by atoms with Crippen molar-refractivity contribution in [2.24, 2.45) is 0 Å². The van der Waals surface area contributed by atoms with E-state index in [9.17, 15) is 4.79 Å². The van der Waals surface area contributed by atoms with Gasteiger partial charge in [0.15, 0.2) is 5.76 Å². The number of nitrogens with zero attached hydrogens (tertiary/aromatic N) is 3. The SMILES string of the molecule is Cc1ccc(C2C=C(c3ccc(Cl)cc3)Nc3nc(NC(=O)c4ccco4)nn32)cc1.Cl. The molecule has 2 N–H and O–H groups in total. The van der Waals surface area contributed by atoms with Crippen molar-refractivity contribution in [1.29, 1.82) is 0 Å². The number of halogens is 2. The molecule has 2 aromatic carbocycles. The van der Waals surface area contributed by atoms with Gasteiger partial charge >= 0.3 is 0 Å². The minimum absolute atomic E-state index is 0. The average molecular weight is 468 g/mol. The zero-order chi connectivity index (χ0) is 21.4. The van der Waals surface area contributed by atoms with Crippen molar-refractivity contribution in [1.82, 2.24) is 14.8 Å². The lowest BCUT2D eigenvalue weighted by Gasteiger charge is -2.24. The number of benzene rings is 2. The maximum Gasteiger partial charge on any atom is 0.293 e. The van der Waals surface area contributed by atoms with E-state index in [0.717, 1.165) is 16.8 Å². The van der Waals surface area contributed by atoms with Gasteiger partial charge in [-0.25, -0.2) is 4.68 Å². The van der Waals surface area contributed by atoms with Gasteiger partial charge in [-0.05, 0) is 48.4 Å². The fourth-order valence-electron chi connectivity index (χ4n) is 3.42. The first-order valence-electron chi connectivity index (χ1n) is 9.69. The third-order valence-corrected chi connectivity index (χ3v) is 5.26. The van der Waals surface area contributed by atoms with Crippen LogP contribution in [0.3, 0.4) is 0 Å². The highest BCUT2D eigenvalue weighted by atomic mass is 35.5. The largest absolute Gasteiger partial charge is 0.459 e. The molecule has 0 radical (unpaired) electrons. The van der Waals surface area contributed by atoms with Crippen LogP contribution >= 0.6 is 24.0 Å². The van der Waals surface area contributed by atoms with Crippen LogP contribution in [0.4, 0.5) is 11.9 Å². The van der Waals surface area contributed by atoms with Crippen molar-refractivity contribution in [2.45, 2.75) is 13.0 Å². The summed E-state index contributed by atoms with van der Waals surface area (Å²) in [4.78, 5) is 16.8. The molecule has 1 unspecified atom stereocenters. The highest BCUT2D eigenvalue weighted by Crippen LogP contribution is 2.33. The summed E-state index contributed by atoms with van der Waals surface area (Å²) in [6, 6.07) is 18.8. The van der Waals surface area contributed by atoms with Crippen LogP contribution in [0.2, 0.25) is 5.02 Å². The fraction of sp³-hybridized carbons (Fsp3) is 0.0870. The minimum atomic E-state index is -0.411. The lowest BCUT2D eigenvalue weighted by molar-refractivity contribution is 0.0996. The van der Waals surface area contributed by atoms with Gasteiger partial charge in [-0.3, -0.25) is 10.1 Å². The molecule has 1 aliphatic heterocycles. The molecule has 4 aromatic rings. The Morgan fingerprint density at radius 2 is 1.88 bits per heavy atom. The number of nitrogens with one attached hydrogen (secondary N) is 2. The number of aryl methyl sites for hydroxylation is 1. The molecule has 32 heavy (non-hydrogen) atoms. The smallest absolute Gasteiger partial charge is 0.293 e. The lowest BCUT2D eigenvalue weighted by Crippen LogP contribution is -2.20. The number of hydrogen-bond donors (Lipinski definition) is 2. The molecule has 0 saturated carbocycles. The van der Waals surface area contributed by atoms with Gasteiger partial charge in [0, 0.05) is 10.7 Å². The number of fused-ring (bicyclic) bond motifs is 1. The Morgan fingerprint density at radius 3 is 2.56 bits per heavy atom. The highest BCUT2D eigenvalue weighted by Gasteiger charge is 2.26. The van der Waals surface area contributed by atoms with Crippen LogP contribution in [0.25, 0.3) is 5.70 Å². The van der Waals surface area contributed by atoms with Crippen molar-refractivity contribution in [3.63, 3.8) is 0 Å². The number of carbonyl (C=O) groups excluding carboxylic acids is 1. The van der Waals surface area contributed by atoms with Gasteiger partial charge in [0.05, 0.1) is 6.26 Å². The molecule has 0 fully saturated rings. The van der Waals surface area contributed by atoms with Crippen LogP contribution in [-0.4, -0.2) is 20.7 Å². The number of hydrogen-bond acceptors (Lipinski definition) is 5. The van der Waals surface area contributed by atoms with Crippen molar-refractivity contribution in [3.05, 3.63) is 100 Å². The molecule has 1 aliphatic rings. The molecule has 5 rings (SSSR count). The van der Waals surface area contributed by atoms with Gasteiger partial charge in [0.1, 0.15) is 6.04 Å². The van der Waals surface area contributed by atoms with E-state index < -0.39 is 5.91 Å². The molecule has 1 atom stereocenters. The predicted octanol–water partition coefficient (Wildman–Crippen LogP) is 5.56. The van der Waals surface area contributed by atoms with Crippen LogP contribution in [0.5, 0.6) is 0 Å². The van der Waals surface area contributed by atoms with Crippen molar-refractivity contribution in [2.75, 3.05) is 10.6 Å². The van der Waals surface area contributed by atoms with Gasteiger partial charge in [-0.1, -0.05) is 53.6 Å². The first-order chi connectivity index (χ1) is 15.1. The summed E-state index contributed by atoms with van der Waals surface area (Å²) in [6.45, 7) is 2.05. The third kappa shape index (κ3) is 4.26. The first kappa shape index (κ1) is 21.7. The quantitative estimate of drug-likeness (QED) is 0.410. The van der Waals surface area contributed by atoms with Crippen LogP contribution in [0.1, 0.15) is 33.3 Å². The Bertz CT molecular complexity index is 1260. The summed E-state index contributed by atoms with van der Waals surface area (Å²) >= 11 is 6.05. The standard InChI is InChI=1S/C23H18ClN5O2.ClH/c1-14-4-6-16(7-5-14)19-13-18(15-8-10-17(24)11-9-15)25-23-27-22(28-29(19)23)26-21(30)20-3-2-12-31-20;/h2-13,19H,1H3,(H2,25,26,27,28,30);1H. The number of amides is 1. The summed E-state index contributed by atoms with van der Waals surface area (Å²) in [6.07, 6.45) is 3.52. The van der Waals surface area contributed by atoms with E-state index in [2.05, 4.69) is 51.1 Å². The number of aromatic nitrogens is 3. The molecule has 3 heterocycles. The van der Waals surface area contributed by atoms with Gasteiger partial charge < -0.3 is 9.73 Å². The molecule has 2 aromatic heterocycles. The number of furan rings is 1. The molecule has 7 nitrogen and oxygen atoms in total. The van der Waals surface area contributed by atoms with Gasteiger partial charge in [-0.15, -0.1) is 17.5 Å². The van der Waals surface area contributed by atoms with Crippen molar-refractivity contribution in [3.8, 4) is 0 Å². The monoisotopic (exact) mass is 467 g/mol. The summed E-state index contributed by atoms with van der Waals surface area (Å²) in [5, 5.41) is 11.2. The molecular weight excluding hydrogens is 449 g/mol. The Balaban J connectivity index is 0.00000245. The van der Waals surface area contributed by atoms with E-state index in [0.29, 0.717) is 11.0 Å². The fourth-order valence-corrected chi connectivity index (χ4v) is 3.54. The molecule has 0 aliphatic carbocycles. The van der Waals surface area contributed by atoms with Crippen molar-refractivity contribution >= 4 is 47.5 Å². The second-order valence-corrected chi connectivity index (χ2v) is 7.64. The topological polar surface area (TPSA) is 85.0 Å². The molecule has 1 amide bonds. The molecule has 0 saturated heterocycles. The average Bonchev–Trinajstić information content (AvgIpc) is 3.44. The summed E-state index contributed by atoms with van der Waals surface area (Å²) in [7, 11) is 0. The van der Waals surface area contributed by atoms with Gasteiger partial charge in [-0.2, -0.15) is 4.98 Å². The van der Waals surface area contributed by atoms with Gasteiger partial charge in [0.2, 0.25) is 5.95 Å². The molecular formula is C23H19Cl2N5O2. The van der Waals surface area contributed by atoms with E-state index in [4.69, 9.17) is 16.0 Å². The second-order valence-electron chi connectivity index (χ2n) is 7.20. The van der Waals surface area contributed by atoms with Crippen LogP contribution in [0, 0.1) is 6.92 Å². The summed E-state index contributed by atoms with van der Waals surface area (Å²) < 4.78 is 6.90. The van der Waals surface area contributed by atoms with Gasteiger partial charge in [0.25, 0.3) is 11.9 Å². The minimum Gasteiger partial charge on any atom is -0.459 e. The number of carbonyl (C=O) groups is 1. The van der Waals surface area contributed by atoms with E-state index >= 15 is 0 Å². The molecule has 0 spiro atoms. The lowest BCUT2D eigenvalue weighted by atomic mass is 10.0. The molecule has 0 bridgehead atoms. The second kappa shape index (κ2) is 8.90. The number of anilines is 2. The predicted molar refractivity (Wildman–Crippen MR) is 126 cm³/mol. The summed E-state index contributed by atoms with van der Waals surface area (Å²) in [5.74, 6) is 0.487. The van der Waals surface area contributed by atoms with Crippen LogP contribution in [0.15, 0.2) is 77.4 Å². The van der Waals surface area contributed by atoms with Crippen molar-refractivity contribution < 1.29 is 9.21 Å².